The van der Waals surface area contributed by atoms with Crippen LogP contribution < -0.4 is 0 Å². The number of carboxylic acid groups (broad SMARTS) is 1. The highest BCUT2D eigenvalue weighted by Crippen LogP contribution is 1.93. The number of carbonyl (C=O) groups is 2. The van der Waals surface area contributed by atoms with E-state index in [-0.39, 0.29) is 26.1 Å². The molecule has 0 aliphatic rings. The highest BCUT2D eigenvalue weighted by Gasteiger charge is 2.05. The lowest BCUT2D eigenvalue weighted by atomic mass is 10.3. The average Bonchev–Trinajstić information content (AvgIpc) is 2.43. The number of hydrogen-bond donors (Lipinski definition) is 2. The summed E-state index contributed by atoms with van der Waals surface area (Å²) in [7, 11) is 0. The van der Waals surface area contributed by atoms with Gasteiger partial charge in [0.1, 0.15) is 6.61 Å². The molecule has 0 rings (SSSR count). The number of esters is 1. The van der Waals surface area contributed by atoms with Crippen LogP contribution in [0.25, 0.3) is 0 Å². The van der Waals surface area contributed by atoms with Crippen molar-refractivity contribution in [2.24, 2.45) is 0 Å². The molecule has 0 aromatic carbocycles. The standard InChI is InChI=1S/C6H10O5.C6H14O.2C3H6/c7-3-4-11-6(10)2-1-5(8)9;1-5(2)7-6(3)4;2*1-3-2/h7H,1-4H2,(H,8,9);5-6H,1-4H3;2*3H,1H2,2H3. The molecule has 0 radical (unpaired) electrons. The van der Waals surface area contributed by atoms with E-state index in [0.29, 0.717) is 12.2 Å². The lowest BCUT2D eigenvalue weighted by molar-refractivity contribution is -0.148. The normalized spacial score (nSPS) is 8.54. The van der Waals surface area contributed by atoms with Crippen LogP contribution in [0.5, 0.6) is 0 Å². The first-order valence-electron chi connectivity index (χ1n) is 7.90. The SMILES string of the molecule is C=CC.C=CC.CC(C)OC(C)C.O=C(O)CCC(=O)OCCO. The molecule has 0 spiro atoms. The van der Waals surface area contributed by atoms with E-state index in [1.165, 1.54) is 0 Å². The van der Waals surface area contributed by atoms with Crippen molar-refractivity contribution in [2.75, 3.05) is 13.2 Å². The molecule has 0 aliphatic heterocycles. The third-order valence-corrected chi connectivity index (χ3v) is 1.44. The molecule has 0 heterocycles. The van der Waals surface area contributed by atoms with Crippen molar-refractivity contribution in [2.45, 2.75) is 66.6 Å². The van der Waals surface area contributed by atoms with E-state index in [1.807, 2.05) is 41.5 Å². The van der Waals surface area contributed by atoms with E-state index in [0.717, 1.165) is 0 Å². The van der Waals surface area contributed by atoms with E-state index in [9.17, 15) is 9.59 Å². The summed E-state index contributed by atoms with van der Waals surface area (Å²) in [6.45, 7) is 18.4. The maximum absolute atomic E-state index is 10.5. The van der Waals surface area contributed by atoms with E-state index in [2.05, 4.69) is 17.9 Å². The van der Waals surface area contributed by atoms with Crippen molar-refractivity contribution < 1.29 is 29.3 Å². The number of ether oxygens (including phenoxy) is 2. The first-order valence-corrected chi connectivity index (χ1v) is 7.90. The Hall–Kier alpha value is -1.66. The second-order valence-electron chi connectivity index (χ2n) is 4.89. The van der Waals surface area contributed by atoms with E-state index in [1.54, 1.807) is 12.2 Å². The molecule has 0 unspecified atom stereocenters. The van der Waals surface area contributed by atoms with Crippen LogP contribution in [-0.2, 0) is 19.1 Å². The van der Waals surface area contributed by atoms with Gasteiger partial charge in [0.2, 0.25) is 0 Å². The Balaban J connectivity index is -0.000000131. The summed E-state index contributed by atoms with van der Waals surface area (Å²) >= 11 is 0. The van der Waals surface area contributed by atoms with Gasteiger partial charge < -0.3 is 19.7 Å². The van der Waals surface area contributed by atoms with Gasteiger partial charge in [0.25, 0.3) is 0 Å². The summed E-state index contributed by atoms with van der Waals surface area (Å²) in [6, 6.07) is 0. The Kier molecular flexibility index (Phi) is 33.1. The fourth-order valence-corrected chi connectivity index (χ4v) is 0.985. The van der Waals surface area contributed by atoms with Crippen LogP contribution in [0.2, 0.25) is 0 Å². The fraction of sp³-hybridized carbons (Fsp3) is 0.667. The molecular weight excluding hydrogens is 312 g/mol. The fourth-order valence-electron chi connectivity index (χ4n) is 0.985. The van der Waals surface area contributed by atoms with Crippen molar-refractivity contribution in [3.05, 3.63) is 25.3 Å². The lowest BCUT2D eigenvalue weighted by Crippen LogP contribution is -2.10. The summed E-state index contributed by atoms with van der Waals surface area (Å²) in [6.07, 6.45) is 3.87. The zero-order chi connectivity index (χ0) is 20.0. The molecule has 0 aliphatic carbocycles. The van der Waals surface area contributed by atoms with Crippen molar-refractivity contribution in [1.82, 2.24) is 0 Å². The quantitative estimate of drug-likeness (QED) is 0.539. The van der Waals surface area contributed by atoms with Crippen molar-refractivity contribution >= 4 is 11.9 Å². The molecule has 6 nitrogen and oxygen atoms in total. The second kappa shape index (κ2) is 26.2. The summed E-state index contributed by atoms with van der Waals surface area (Å²) in [5.74, 6) is -1.63. The van der Waals surface area contributed by atoms with Crippen molar-refractivity contribution in [3.8, 4) is 0 Å². The molecule has 0 saturated carbocycles. The largest absolute Gasteiger partial charge is 0.481 e. The number of rotatable bonds is 7. The van der Waals surface area contributed by atoms with Gasteiger partial charge in [-0.3, -0.25) is 9.59 Å². The molecule has 0 amide bonds. The number of allylic oxidation sites excluding steroid dienone is 2. The number of carbonyl (C=O) groups excluding carboxylic acids is 1. The van der Waals surface area contributed by atoms with Crippen LogP contribution in [0, 0.1) is 0 Å². The summed E-state index contributed by atoms with van der Waals surface area (Å²) < 4.78 is 9.64. The van der Waals surface area contributed by atoms with Crippen LogP contribution in [-0.4, -0.2) is 47.6 Å². The van der Waals surface area contributed by atoms with E-state index >= 15 is 0 Å². The monoisotopic (exact) mass is 348 g/mol. The van der Waals surface area contributed by atoms with Crippen molar-refractivity contribution in [1.29, 1.82) is 0 Å². The second-order valence-corrected chi connectivity index (χ2v) is 4.89. The van der Waals surface area contributed by atoms with E-state index in [4.69, 9.17) is 14.9 Å². The Labute approximate surface area is 147 Å². The molecular formula is C18H36O6. The number of hydrogen-bond acceptors (Lipinski definition) is 5. The zero-order valence-corrected chi connectivity index (χ0v) is 16.1. The predicted octanol–water partition coefficient (Wildman–Crippen LogP) is 3.59. The van der Waals surface area contributed by atoms with Gasteiger partial charge in [0, 0.05) is 0 Å². The molecule has 0 bridgehead atoms. The zero-order valence-electron chi connectivity index (χ0n) is 16.1. The molecule has 0 saturated heterocycles. The predicted molar refractivity (Wildman–Crippen MR) is 98.0 cm³/mol. The van der Waals surface area contributed by atoms with E-state index < -0.39 is 11.9 Å². The Morgan fingerprint density at radius 3 is 1.58 bits per heavy atom. The molecule has 2 N–H and O–H groups in total. The van der Waals surface area contributed by atoms with Crippen molar-refractivity contribution in [3.63, 3.8) is 0 Å². The van der Waals surface area contributed by atoms with Crippen LogP contribution in [0.3, 0.4) is 0 Å². The molecule has 0 atom stereocenters. The highest BCUT2D eigenvalue weighted by atomic mass is 16.5. The van der Waals surface area contributed by atoms with Crippen LogP contribution >= 0.6 is 0 Å². The number of aliphatic hydroxyl groups excluding tert-OH is 1. The van der Waals surface area contributed by atoms with Gasteiger partial charge >= 0.3 is 11.9 Å². The minimum absolute atomic E-state index is 0.0710. The Morgan fingerprint density at radius 1 is 1.00 bits per heavy atom. The maximum Gasteiger partial charge on any atom is 0.306 e. The Bertz CT molecular complexity index is 286. The third kappa shape index (κ3) is 59.2. The molecule has 0 fully saturated rings. The minimum Gasteiger partial charge on any atom is -0.481 e. The van der Waals surface area contributed by atoms with Gasteiger partial charge in [-0.05, 0) is 41.5 Å². The molecule has 24 heavy (non-hydrogen) atoms. The first kappa shape index (κ1) is 30.2. The smallest absolute Gasteiger partial charge is 0.306 e. The van der Waals surface area contributed by atoms with Gasteiger partial charge in [-0.25, -0.2) is 0 Å². The number of aliphatic hydroxyl groups is 1. The summed E-state index contributed by atoms with van der Waals surface area (Å²) in [5, 5.41) is 16.3. The minimum atomic E-state index is -1.04. The van der Waals surface area contributed by atoms with Crippen LogP contribution in [0.15, 0.2) is 25.3 Å². The van der Waals surface area contributed by atoms with Gasteiger partial charge in [-0.15, -0.1) is 13.2 Å². The van der Waals surface area contributed by atoms with Gasteiger partial charge in [-0.1, -0.05) is 12.2 Å². The molecule has 6 heteroatoms. The number of aliphatic carboxylic acids is 1. The molecule has 0 aromatic rings. The van der Waals surface area contributed by atoms with Gasteiger partial charge in [-0.2, -0.15) is 0 Å². The molecule has 144 valence electrons. The van der Waals surface area contributed by atoms with Crippen LogP contribution in [0.4, 0.5) is 0 Å². The van der Waals surface area contributed by atoms with Gasteiger partial charge in [0.15, 0.2) is 0 Å². The number of carboxylic acids is 1. The van der Waals surface area contributed by atoms with Crippen LogP contribution in [0.1, 0.15) is 54.4 Å². The topological polar surface area (TPSA) is 93.1 Å². The van der Waals surface area contributed by atoms with Gasteiger partial charge in [0.05, 0.1) is 31.7 Å². The highest BCUT2D eigenvalue weighted by molar-refractivity contribution is 5.76. The Morgan fingerprint density at radius 2 is 1.38 bits per heavy atom. The lowest BCUT2D eigenvalue weighted by Gasteiger charge is -2.09. The maximum atomic E-state index is 10.5. The third-order valence-electron chi connectivity index (χ3n) is 1.44. The molecule has 0 aromatic heterocycles. The first-order chi connectivity index (χ1) is 11.1. The summed E-state index contributed by atoms with van der Waals surface area (Å²) in [5.41, 5.74) is 0. The average molecular weight is 348 g/mol. The summed E-state index contributed by atoms with van der Waals surface area (Å²) in [4.78, 5) is 20.4.